The van der Waals surface area contributed by atoms with Gasteiger partial charge in [-0.3, -0.25) is 14.5 Å². The van der Waals surface area contributed by atoms with E-state index in [1.807, 2.05) is 13.0 Å². The number of guanidine groups is 1. The van der Waals surface area contributed by atoms with Gasteiger partial charge in [0.1, 0.15) is 5.76 Å². The van der Waals surface area contributed by atoms with E-state index in [2.05, 4.69) is 15.3 Å². The van der Waals surface area contributed by atoms with Crippen molar-refractivity contribution in [1.82, 2.24) is 9.88 Å². The Balaban J connectivity index is 1.88. The number of aryl methyl sites for hydroxylation is 2. The summed E-state index contributed by atoms with van der Waals surface area (Å²) in [6.07, 6.45) is 0.198. The second-order valence-corrected chi connectivity index (χ2v) is 6.55. The highest BCUT2D eigenvalue weighted by Gasteiger charge is 2.36. The highest BCUT2D eigenvalue weighted by molar-refractivity contribution is 6.03. The smallest absolute Gasteiger partial charge is 0.277 e. The first-order valence-corrected chi connectivity index (χ1v) is 8.17. The highest BCUT2D eigenvalue weighted by atomic mass is 16.4. The molecule has 0 bridgehead atoms. The van der Waals surface area contributed by atoms with E-state index in [-0.39, 0.29) is 29.9 Å². The van der Waals surface area contributed by atoms with Gasteiger partial charge >= 0.3 is 0 Å². The molecule has 3 rings (SSSR count). The van der Waals surface area contributed by atoms with Gasteiger partial charge in [0.2, 0.25) is 5.91 Å². The summed E-state index contributed by atoms with van der Waals surface area (Å²) in [7, 11) is 1.60. The fourth-order valence-corrected chi connectivity index (χ4v) is 2.94. The molecule has 1 aliphatic rings. The minimum atomic E-state index is -0.783. The number of hydrogen-bond donors (Lipinski definition) is 2. The topological polar surface area (TPSA) is 114 Å². The van der Waals surface area contributed by atoms with Gasteiger partial charge in [0, 0.05) is 19.7 Å². The fraction of sp³-hybridized carbons (Fsp3) is 0.333. The Morgan fingerprint density at radius 3 is 2.73 bits per heavy atom. The highest BCUT2D eigenvalue weighted by Crippen LogP contribution is 2.34. The van der Waals surface area contributed by atoms with Crippen LogP contribution in [0.4, 0.5) is 5.69 Å². The molecule has 3 N–H and O–H groups in total. The van der Waals surface area contributed by atoms with Crippen molar-refractivity contribution in [1.29, 1.82) is 0 Å². The van der Waals surface area contributed by atoms with Gasteiger partial charge in [-0.1, -0.05) is 12.1 Å². The molecule has 0 saturated heterocycles. The number of nitrogens with two attached hydrogens (primary N) is 1. The van der Waals surface area contributed by atoms with Crippen molar-refractivity contribution < 1.29 is 14.0 Å². The van der Waals surface area contributed by atoms with Crippen molar-refractivity contribution in [3.8, 4) is 0 Å². The molecular weight excluding hydrogens is 334 g/mol. The predicted molar refractivity (Wildman–Crippen MR) is 96.7 cm³/mol. The predicted octanol–water partition coefficient (Wildman–Crippen LogP) is 1.94. The van der Waals surface area contributed by atoms with Gasteiger partial charge in [-0.2, -0.15) is 0 Å². The first kappa shape index (κ1) is 17.7. The number of rotatable bonds is 3. The number of aromatic nitrogens is 1. The monoisotopic (exact) mass is 355 g/mol. The van der Waals surface area contributed by atoms with Crippen molar-refractivity contribution in [2.75, 3.05) is 12.4 Å². The normalized spacial score (nSPS) is 20.1. The van der Waals surface area contributed by atoms with Crippen LogP contribution in [0.2, 0.25) is 0 Å². The summed E-state index contributed by atoms with van der Waals surface area (Å²) in [5.74, 6) is 0.601. The number of aliphatic imine (C=N–C) groups is 1. The molecule has 2 aromatic rings. The lowest BCUT2D eigenvalue weighted by molar-refractivity contribution is -0.128. The zero-order valence-corrected chi connectivity index (χ0v) is 15.2. The van der Waals surface area contributed by atoms with Crippen LogP contribution in [0.1, 0.15) is 41.0 Å². The second kappa shape index (κ2) is 6.29. The van der Waals surface area contributed by atoms with Crippen LogP contribution in [0.3, 0.4) is 0 Å². The summed E-state index contributed by atoms with van der Waals surface area (Å²) in [6.45, 7) is 5.22. The maximum absolute atomic E-state index is 12.4. The molecule has 0 radical (unpaired) electrons. The number of oxazole rings is 1. The van der Waals surface area contributed by atoms with Crippen LogP contribution in [0.5, 0.6) is 0 Å². The van der Waals surface area contributed by atoms with Gasteiger partial charge < -0.3 is 15.5 Å². The van der Waals surface area contributed by atoms with Crippen molar-refractivity contribution in [2.45, 2.75) is 32.7 Å². The van der Waals surface area contributed by atoms with Gasteiger partial charge in [-0.25, -0.2) is 9.98 Å². The largest absolute Gasteiger partial charge is 0.445 e. The molecule has 8 heteroatoms. The van der Waals surface area contributed by atoms with Gasteiger partial charge in [0.25, 0.3) is 5.91 Å². The van der Waals surface area contributed by atoms with E-state index >= 15 is 0 Å². The van der Waals surface area contributed by atoms with Crippen LogP contribution >= 0.6 is 0 Å². The van der Waals surface area contributed by atoms with Crippen LogP contribution in [0.25, 0.3) is 0 Å². The zero-order valence-electron chi connectivity index (χ0n) is 15.2. The summed E-state index contributed by atoms with van der Waals surface area (Å²) < 4.78 is 5.30. The van der Waals surface area contributed by atoms with E-state index in [9.17, 15) is 9.59 Å². The molecule has 136 valence electrons. The molecule has 0 fully saturated rings. The third kappa shape index (κ3) is 3.17. The molecule has 0 saturated carbocycles. The van der Waals surface area contributed by atoms with Crippen LogP contribution in [-0.2, 0) is 10.3 Å². The van der Waals surface area contributed by atoms with Gasteiger partial charge in [0.15, 0.2) is 17.5 Å². The maximum Gasteiger partial charge on any atom is 0.277 e. The SMILES string of the molecule is Cc1nc(C(=O)Nc2cccc([C@]3(C)CC(=O)N(C)C(N)=N3)c2)c(C)o1. The molecule has 26 heavy (non-hydrogen) atoms. The Kier molecular flexibility index (Phi) is 4.27. The van der Waals surface area contributed by atoms with Crippen molar-refractivity contribution in [3.05, 3.63) is 47.2 Å². The van der Waals surface area contributed by atoms with Gasteiger partial charge in [-0.15, -0.1) is 0 Å². The summed E-state index contributed by atoms with van der Waals surface area (Å²) in [5.41, 5.74) is 6.69. The molecule has 0 spiro atoms. The van der Waals surface area contributed by atoms with Crippen LogP contribution in [-0.4, -0.2) is 34.7 Å². The molecule has 1 atom stereocenters. The number of carbonyl (C=O) groups excluding carboxylic acids is 2. The number of nitrogens with zero attached hydrogens (tertiary/aromatic N) is 3. The van der Waals surface area contributed by atoms with Crippen LogP contribution in [0.15, 0.2) is 33.7 Å². The molecule has 2 heterocycles. The average Bonchev–Trinajstić information content (AvgIpc) is 2.91. The lowest BCUT2D eigenvalue weighted by atomic mass is 9.87. The van der Waals surface area contributed by atoms with Crippen molar-refractivity contribution >= 4 is 23.5 Å². The first-order valence-electron chi connectivity index (χ1n) is 8.17. The third-order valence-corrected chi connectivity index (χ3v) is 4.44. The summed E-state index contributed by atoms with van der Waals surface area (Å²) in [5, 5.41) is 2.80. The average molecular weight is 355 g/mol. The van der Waals surface area contributed by atoms with E-state index in [0.717, 1.165) is 5.56 Å². The van der Waals surface area contributed by atoms with Crippen LogP contribution in [0, 0.1) is 13.8 Å². The van der Waals surface area contributed by atoms with E-state index in [0.29, 0.717) is 17.3 Å². The Morgan fingerprint density at radius 1 is 1.38 bits per heavy atom. The van der Waals surface area contributed by atoms with Crippen molar-refractivity contribution in [3.63, 3.8) is 0 Å². The summed E-state index contributed by atoms with van der Waals surface area (Å²) in [6, 6.07) is 7.20. The van der Waals surface area contributed by atoms with E-state index < -0.39 is 5.54 Å². The van der Waals surface area contributed by atoms with E-state index in [1.54, 1.807) is 39.1 Å². The molecule has 2 amide bonds. The molecule has 8 nitrogen and oxygen atoms in total. The van der Waals surface area contributed by atoms with E-state index in [4.69, 9.17) is 10.2 Å². The van der Waals surface area contributed by atoms with Crippen LogP contribution < -0.4 is 11.1 Å². The number of benzene rings is 1. The molecular formula is C18H21N5O3. The van der Waals surface area contributed by atoms with E-state index in [1.165, 1.54) is 4.90 Å². The molecule has 0 aliphatic carbocycles. The lowest BCUT2D eigenvalue weighted by Crippen LogP contribution is -2.47. The minimum absolute atomic E-state index is 0.108. The number of nitrogens with one attached hydrogen (secondary N) is 1. The summed E-state index contributed by atoms with van der Waals surface area (Å²) in [4.78, 5) is 34.5. The third-order valence-electron chi connectivity index (χ3n) is 4.44. The maximum atomic E-state index is 12.4. The molecule has 1 aromatic carbocycles. The molecule has 1 aliphatic heterocycles. The number of hydrogen-bond acceptors (Lipinski definition) is 6. The Hall–Kier alpha value is -3.16. The quantitative estimate of drug-likeness (QED) is 0.873. The van der Waals surface area contributed by atoms with Crippen molar-refractivity contribution in [2.24, 2.45) is 10.7 Å². The Morgan fingerprint density at radius 2 is 2.12 bits per heavy atom. The standard InChI is InChI=1S/C18H21N5O3/c1-10-15(20-11(2)26-10)16(25)21-13-7-5-6-12(8-13)18(3)9-14(24)23(4)17(19)22-18/h5-8H,9H2,1-4H3,(H2,19,22)(H,21,25)/t18-/m0/s1. The number of carbonyl (C=O) groups is 2. The number of anilines is 1. The minimum Gasteiger partial charge on any atom is -0.445 e. The van der Waals surface area contributed by atoms with Gasteiger partial charge in [-0.05, 0) is 31.5 Å². The lowest BCUT2D eigenvalue weighted by Gasteiger charge is -2.33. The molecule has 1 aromatic heterocycles. The molecule has 0 unspecified atom stereocenters. The Bertz CT molecular complexity index is 917. The zero-order chi connectivity index (χ0) is 19.1. The van der Waals surface area contributed by atoms with Gasteiger partial charge in [0.05, 0.1) is 12.0 Å². The second-order valence-electron chi connectivity index (χ2n) is 6.55. The first-order chi connectivity index (χ1) is 12.2. The summed E-state index contributed by atoms with van der Waals surface area (Å²) >= 11 is 0. The fourth-order valence-electron chi connectivity index (χ4n) is 2.94. The Labute approximate surface area is 151 Å². The number of amides is 2.